The topological polar surface area (TPSA) is 37.8 Å². The summed E-state index contributed by atoms with van der Waals surface area (Å²) >= 11 is 0. The van der Waals surface area contributed by atoms with Gasteiger partial charge in [-0.15, -0.1) is 0 Å². The summed E-state index contributed by atoms with van der Waals surface area (Å²) in [7, 11) is 0. The first-order valence-electron chi connectivity index (χ1n) is 6.54. The van der Waals surface area contributed by atoms with Crippen molar-refractivity contribution in [2.24, 2.45) is 0 Å². The molecule has 0 aliphatic rings. The van der Waals surface area contributed by atoms with Gasteiger partial charge in [0.15, 0.2) is 0 Å². The van der Waals surface area contributed by atoms with E-state index in [-0.39, 0.29) is 11.6 Å². The third-order valence-corrected chi connectivity index (χ3v) is 3.09. The van der Waals surface area contributed by atoms with E-state index in [0.717, 1.165) is 29.7 Å². The van der Waals surface area contributed by atoms with E-state index < -0.39 is 0 Å². The van der Waals surface area contributed by atoms with Crippen LogP contribution in [0.2, 0.25) is 0 Å². The Kier molecular flexibility index (Phi) is 3.70. The van der Waals surface area contributed by atoms with Crippen LogP contribution in [-0.4, -0.2) is 9.78 Å². The van der Waals surface area contributed by atoms with Gasteiger partial charge < -0.3 is 0 Å². The Hall–Kier alpha value is -1.77. The molecule has 3 heteroatoms. The standard InChI is InChI=1S/C15H20N2O/c1-4-8-13-14(12-9-6-5-7-10-12)16-17(11(2)3)15(13)18/h5-7,9-11,16H,4,8H2,1-3H3. The van der Waals surface area contributed by atoms with E-state index in [9.17, 15) is 4.79 Å². The van der Waals surface area contributed by atoms with Crippen molar-refractivity contribution in [1.82, 2.24) is 9.78 Å². The van der Waals surface area contributed by atoms with Gasteiger partial charge in [0.05, 0.1) is 5.69 Å². The molecular formula is C15H20N2O. The molecule has 0 aliphatic carbocycles. The normalized spacial score (nSPS) is 11.1. The summed E-state index contributed by atoms with van der Waals surface area (Å²) < 4.78 is 1.72. The predicted octanol–water partition coefficient (Wildman–Crippen LogP) is 3.38. The average molecular weight is 244 g/mol. The van der Waals surface area contributed by atoms with Crippen LogP contribution in [0.3, 0.4) is 0 Å². The Morgan fingerprint density at radius 1 is 1.22 bits per heavy atom. The summed E-state index contributed by atoms with van der Waals surface area (Å²) in [5, 5.41) is 3.25. The van der Waals surface area contributed by atoms with Crippen molar-refractivity contribution in [2.45, 2.75) is 39.7 Å². The molecule has 0 aliphatic heterocycles. The van der Waals surface area contributed by atoms with Gasteiger partial charge in [0.2, 0.25) is 0 Å². The average Bonchev–Trinajstić information content (AvgIpc) is 2.69. The molecule has 1 aromatic heterocycles. The molecule has 1 aromatic carbocycles. The van der Waals surface area contributed by atoms with E-state index in [1.165, 1.54) is 0 Å². The smallest absolute Gasteiger partial charge is 0.270 e. The molecule has 0 unspecified atom stereocenters. The maximum atomic E-state index is 12.3. The van der Waals surface area contributed by atoms with Crippen LogP contribution in [0.15, 0.2) is 35.1 Å². The largest absolute Gasteiger partial charge is 0.294 e. The molecule has 0 amide bonds. The molecular weight excluding hydrogens is 224 g/mol. The minimum absolute atomic E-state index is 0.116. The zero-order valence-corrected chi connectivity index (χ0v) is 11.2. The summed E-state index contributed by atoms with van der Waals surface area (Å²) in [5.41, 5.74) is 3.07. The van der Waals surface area contributed by atoms with Crippen LogP contribution in [0.25, 0.3) is 11.3 Å². The van der Waals surface area contributed by atoms with Crippen molar-refractivity contribution in [2.75, 3.05) is 0 Å². The molecule has 0 spiro atoms. The molecule has 18 heavy (non-hydrogen) atoms. The lowest BCUT2D eigenvalue weighted by Gasteiger charge is -2.04. The molecule has 1 N–H and O–H groups in total. The number of hydrogen-bond acceptors (Lipinski definition) is 1. The van der Waals surface area contributed by atoms with Crippen LogP contribution in [0, 0.1) is 0 Å². The van der Waals surface area contributed by atoms with E-state index in [1.54, 1.807) is 4.68 Å². The second-order valence-corrected chi connectivity index (χ2v) is 4.85. The minimum Gasteiger partial charge on any atom is -0.294 e. The molecule has 0 atom stereocenters. The minimum atomic E-state index is 0.116. The van der Waals surface area contributed by atoms with Crippen molar-refractivity contribution < 1.29 is 0 Å². The Balaban J connectivity index is 2.59. The molecule has 2 aromatic rings. The van der Waals surface area contributed by atoms with Crippen molar-refractivity contribution in [3.05, 3.63) is 46.2 Å². The summed E-state index contributed by atoms with van der Waals surface area (Å²) in [6, 6.07) is 10.2. The maximum Gasteiger partial charge on any atom is 0.270 e. The fourth-order valence-electron chi connectivity index (χ4n) is 2.18. The Bertz CT molecular complexity index is 564. The number of hydrogen-bond donors (Lipinski definition) is 1. The van der Waals surface area contributed by atoms with E-state index in [0.29, 0.717) is 0 Å². The molecule has 96 valence electrons. The van der Waals surface area contributed by atoms with Crippen molar-refractivity contribution in [3.63, 3.8) is 0 Å². The molecule has 0 radical (unpaired) electrons. The zero-order chi connectivity index (χ0) is 13.1. The lowest BCUT2D eigenvalue weighted by atomic mass is 10.1. The second kappa shape index (κ2) is 5.25. The van der Waals surface area contributed by atoms with Gasteiger partial charge in [0.1, 0.15) is 0 Å². The Morgan fingerprint density at radius 2 is 1.89 bits per heavy atom. The molecule has 1 heterocycles. The number of nitrogens with one attached hydrogen (secondary N) is 1. The highest BCUT2D eigenvalue weighted by molar-refractivity contribution is 5.62. The first-order chi connectivity index (χ1) is 8.65. The van der Waals surface area contributed by atoms with Gasteiger partial charge in [-0.1, -0.05) is 43.7 Å². The van der Waals surface area contributed by atoms with Gasteiger partial charge >= 0.3 is 0 Å². The highest BCUT2D eigenvalue weighted by Gasteiger charge is 2.15. The van der Waals surface area contributed by atoms with Crippen LogP contribution in [0.1, 0.15) is 38.8 Å². The molecule has 0 saturated carbocycles. The molecule has 2 rings (SSSR count). The van der Waals surface area contributed by atoms with E-state index in [2.05, 4.69) is 12.0 Å². The van der Waals surface area contributed by atoms with Crippen molar-refractivity contribution >= 4 is 0 Å². The van der Waals surface area contributed by atoms with E-state index in [1.807, 2.05) is 44.2 Å². The van der Waals surface area contributed by atoms with Crippen LogP contribution >= 0.6 is 0 Å². The maximum absolute atomic E-state index is 12.3. The molecule has 0 saturated heterocycles. The number of benzene rings is 1. The fourth-order valence-corrected chi connectivity index (χ4v) is 2.18. The number of nitrogens with zero attached hydrogens (tertiary/aromatic N) is 1. The third kappa shape index (κ3) is 2.26. The first kappa shape index (κ1) is 12.7. The summed E-state index contributed by atoms with van der Waals surface area (Å²) in [6.07, 6.45) is 1.80. The monoisotopic (exact) mass is 244 g/mol. The fraction of sp³-hybridized carbons (Fsp3) is 0.400. The summed E-state index contributed by atoms with van der Waals surface area (Å²) in [4.78, 5) is 12.3. The quantitative estimate of drug-likeness (QED) is 0.879. The van der Waals surface area contributed by atoms with Crippen molar-refractivity contribution in [1.29, 1.82) is 0 Å². The number of aromatic nitrogens is 2. The van der Waals surface area contributed by atoms with E-state index in [4.69, 9.17) is 0 Å². The van der Waals surface area contributed by atoms with E-state index >= 15 is 0 Å². The highest BCUT2D eigenvalue weighted by atomic mass is 16.1. The molecule has 3 nitrogen and oxygen atoms in total. The van der Waals surface area contributed by atoms with Gasteiger partial charge in [-0.25, -0.2) is 4.68 Å². The number of aromatic amines is 1. The second-order valence-electron chi connectivity index (χ2n) is 4.85. The SMILES string of the molecule is CCCc1c(-c2ccccc2)[nH]n(C(C)C)c1=O. The Morgan fingerprint density at radius 3 is 2.44 bits per heavy atom. The first-order valence-corrected chi connectivity index (χ1v) is 6.54. The number of rotatable bonds is 4. The molecule has 0 bridgehead atoms. The van der Waals surface area contributed by atoms with Crippen LogP contribution in [0.4, 0.5) is 0 Å². The summed E-state index contributed by atoms with van der Waals surface area (Å²) in [5.74, 6) is 0. The van der Waals surface area contributed by atoms with Gasteiger partial charge in [0.25, 0.3) is 5.56 Å². The van der Waals surface area contributed by atoms with Crippen molar-refractivity contribution in [3.8, 4) is 11.3 Å². The van der Waals surface area contributed by atoms with Crippen LogP contribution in [-0.2, 0) is 6.42 Å². The highest BCUT2D eigenvalue weighted by Crippen LogP contribution is 2.21. The third-order valence-electron chi connectivity index (χ3n) is 3.09. The summed E-state index contributed by atoms with van der Waals surface area (Å²) in [6.45, 7) is 6.13. The predicted molar refractivity (Wildman–Crippen MR) is 74.9 cm³/mol. The zero-order valence-electron chi connectivity index (χ0n) is 11.2. The molecule has 0 fully saturated rings. The van der Waals surface area contributed by atoms with Crippen LogP contribution < -0.4 is 5.56 Å². The lowest BCUT2D eigenvalue weighted by molar-refractivity contribution is 0.517. The number of H-pyrrole nitrogens is 1. The van der Waals surface area contributed by atoms with Crippen LogP contribution in [0.5, 0.6) is 0 Å². The lowest BCUT2D eigenvalue weighted by Crippen LogP contribution is -2.20. The Labute approximate surface area is 107 Å². The van der Waals surface area contributed by atoms with Gasteiger partial charge in [-0.3, -0.25) is 9.89 Å². The van der Waals surface area contributed by atoms with Gasteiger partial charge in [0, 0.05) is 11.6 Å². The van der Waals surface area contributed by atoms with Gasteiger partial charge in [-0.2, -0.15) is 0 Å². The van der Waals surface area contributed by atoms with Gasteiger partial charge in [-0.05, 0) is 25.8 Å².